The van der Waals surface area contributed by atoms with E-state index in [2.05, 4.69) is 13.8 Å². The molecule has 0 aliphatic carbocycles. The molecule has 0 N–H and O–H groups in total. The van der Waals surface area contributed by atoms with Crippen LogP contribution in [0.15, 0.2) is 58.3 Å². The summed E-state index contributed by atoms with van der Waals surface area (Å²) in [6, 6.07) is 15.9. The van der Waals surface area contributed by atoms with Gasteiger partial charge in [-0.3, -0.25) is 8.37 Å². The van der Waals surface area contributed by atoms with E-state index in [1.54, 1.807) is 0 Å². The molecule has 6 heteroatoms. The summed E-state index contributed by atoms with van der Waals surface area (Å²) >= 11 is 2.60. The van der Waals surface area contributed by atoms with E-state index in [1.807, 2.05) is 48.5 Å². The summed E-state index contributed by atoms with van der Waals surface area (Å²) in [6.45, 7) is 6.18. The van der Waals surface area contributed by atoms with Gasteiger partial charge in [0.1, 0.15) is 11.5 Å². The quantitative estimate of drug-likeness (QED) is 0.125. The molecule has 4 nitrogen and oxygen atoms in total. The van der Waals surface area contributed by atoms with Crippen molar-refractivity contribution in [1.82, 2.24) is 0 Å². The molecule has 0 aliphatic rings. The van der Waals surface area contributed by atoms with Gasteiger partial charge in [-0.05, 0) is 61.4 Å². The third-order valence-electron chi connectivity index (χ3n) is 4.59. The van der Waals surface area contributed by atoms with Gasteiger partial charge in [-0.1, -0.05) is 52.4 Å². The summed E-state index contributed by atoms with van der Waals surface area (Å²) in [7, 11) is 0. The van der Waals surface area contributed by atoms with Crippen LogP contribution in [0.3, 0.4) is 0 Å². The van der Waals surface area contributed by atoms with Crippen molar-refractivity contribution in [2.24, 2.45) is 0 Å². The summed E-state index contributed by atoms with van der Waals surface area (Å²) in [5.74, 6) is 1.81. The van der Waals surface area contributed by atoms with Gasteiger partial charge >= 0.3 is 0 Å². The monoisotopic (exact) mass is 464 g/mol. The average molecular weight is 465 g/mol. The van der Waals surface area contributed by atoms with Crippen LogP contribution >= 0.6 is 24.1 Å². The van der Waals surface area contributed by atoms with Crippen molar-refractivity contribution in [3.8, 4) is 11.5 Å². The van der Waals surface area contributed by atoms with Gasteiger partial charge in [0.2, 0.25) is 0 Å². The Morgan fingerprint density at radius 2 is 0.968 bits per heavy atom. The zero-order chi connectivity index (χ0) is 22.0. The van der Waals surface area contributed by atoms with Crippen molar-refractivity contribution in [3.05, 3.63) is 48.5 Å². The fourth-order valence-electron chi connectivity index (χ4n) is 2.82. The summed E-state index contributed by atoms with van der Waals surface area (Å²) in [5.41, 5.74) is 0. The molecule has 0 aromatic heterocycles. The highest BCUT2D eigenvalue weighted by Gasteiger charge is 2.01. The molecule has 0 atom stereocenters. The van der Waals surface area contributed by atoms with Gasteiger partial charge in [-0.25, -0.2) is 0 Å². The zero-order valence-corrected chi connectivity index (χ0v) is 20.5. The van der Waals surface area contributed by atoms with Crippen LogP contribution in [-0.4, -0.2) is 20.0 Å². The SMILES string of the molecule is CCCCCCOc1ccc(SOCOSc2ccc(OCCCCCC)cc2)cc1. The van der Waals surface area contributed by atoms with Crippen molar-refractivity contribution in [2.45, 2.75) is 75.0 Å². The van der Waals surface area contributed by atoms with Crippen LogP contribution < -0.4 is 9.47 Å². The summed E-state index contributed by atoms with van der Waals surface area (Å²) in [4.78, 5) is 2.04. The molecule has 2 rings (SSSR count). The van der Waals surface area contributed by atoms with Crippen LogP contribution in [0.2, 0.25) is 0 Å². The maximum atomic E-state index is 5.76. The first-order valence-corrected chi connectivity index (χ1v) is 12.8. The Kier molecular flexibility index (Phi) is 14.4. The molecule has 172 valence electrons. The Balaban J connectivity index is 1.53. The van der Waals surface area contributed by atoms with Crippen LogP contribution in [0.25, 0.3) is 0 Å². The lowest BCUT2D eigenvalue weighted by Crippen LogP contribution is -1.97. The van der Waals surface area contributed by atoms with Gasteiger partial charge in [-0.15, -0.1) is 0 Å². The normalized spacial score (nSPS) is 10.9. The zero-order valence-electron chi connectivity index (χ0n) is 18.8. The van der Waals surface area contributed by atoms with Gasteiger partial charge in [-0.2, -0.15) is 0 Å². The standard InChI is InChI=1S/C25H36O4S2/c1-3-5-7-9-19-26-22-11-15-24(16-12-22)30-28-21-29-31-25-17-13-23(14-18-25)27-20-10-8-6-4-2/h11-18H,3-10,19-21H2,1-2H3. The highest BCUT2D eigenvalue weighted by molar-refractivity contribution is 7.95. The first-order chi connectivity index (χ1) is 15.3. The molecule has 0 bridgehead atoms. The van der Waals surface area contributed by atoms with Gasteiger partial charge in [0.15, 0.2) is 6.79 Å². The minimum absolute atomic E-state index is 0.195. The number of rotatable bonds is 18. The second kappa shape index (κ2) is 17.2. The van der Waals surface area contributed by atoms with Crippen LogP contribution in [0.5, 0.6) is 11.5 Å². The molecule has 0 saturated carbocycles. The lowest BCUT2D eigenvalue weighted by atomic mass is 10.2. The maximum Gasteiger partial charge on any atom is 0.174 e. The van der Waals surface area contributed by atoms with E-state index in [0.29, 0.717) is 0 Å². The first-order valence-electron chi connectivity index (χ1n) is 11.4. The van der Waals surface area contributed by atoms with E-state index < -0.39 is 0 Å². The van der Waals surface area contributed by atoms with E-state index in [4.69, 9.17) is 17.8 Å². The van der Waals surface area contributed by atoms with E-state index in [9.17, 15) is 0 Å². The van der Waals surface area contributed by atoms with Crippen molar-refractivity contribution in [3.63, 3.8) is 0 Å². The van der Waals surface area contributed by atoms with Gasteiger partial charge in [0.05, 0.1) is 13.2 Å². The van der Waals surface area contributed by atoms with E-state index >= 15 is 0 Å². The highest BCUT2D eigenvalue weighted by Crippen LogP contribution is 2.25. The Labute approximate surface area is 196 Å². The molecule has 31 heavy (non-hydrogen) atoms. The number of hydrogen-bond donors (Lipinski definition) is 0. The number of ether oxygens (including phenoxy) is 2. The minimum Gasteiger partial charge on any atom is -0.494 e. The number of hydrogen-bond acceptors (Lipinski definition) is 6. The lowest BCUT2D eigenvalue weighted by Gasteiger charge is -2.08. The first kappa shape index (κ1) is 25.9. The Morgan fingerprint density at radius 3 is 1.35 bits per heavy atom. The van der Waals surface area contributed by atoms with E-state index in [1.165, 1.54) is 62.6 Å². The smallest absolute Gasteiger partial charge is 0.174 e. The third kappa shape index (κ3) is 12.3. The van der Waals surface area contributed by atoms with E-state index in [0.717, 1.165) is 47.3 Å². The second-order valence-corrected chi connectivity index (χ2v) is 9.03. The fraction of sp³-hybridized carbons (Fsp3) is 0.520. The van der Waals surface area contributed by atoms with Crippen LogP contribution in [0, 0.1) is 0 Å². The van der Waals surface area contributed by atoms with Crippen molar-refractivity contribution in [2.75, 3.05) is 20.0 Å². The number of benzene rings is 2. The molecule has 2 aromatic carbocycles. The summed E-state index contributed by atoms with van der Waals surface area (Å²) in [6.07, 6.45) is 9.71. The molecule has 0 saturated heterocycles. The highest BCUT2D eigenvalue weighted by atomic mass is 32.2. The molecule has 0 radical (unpaired) electrons. The molecular weight excluding hydrogens is 428 g/mol. The van der Waals surface area contributed by atoms with Gasteiger partial charge in [0.25, 0.3) is 0 Å². The predicted octanol–water partition coefficient (Wildman–Crippen LogP) is 8.31. The fourth-order valence-corrected chi connectivity index (χ4v) is 3.84. The topological polar surface area (TPSA) is 36.9 Å². The van der Waals surface area contributed by atoms with E-state index in [-0.39, 0.29) is 6.79 Å². The molecular formula is C25H36O4S2. The van der Waals surface area contributed by atoms with Crippen molar-refractivity contribution < 1.29 is 17.8 Å². The molecule has 0 amide bonds. The maximum absolute atomic E-state index is 5.76. The molecule has 0 spiro atoms. The van der Waals surface area contributed by atoms with Crippen LogP contribution in [-0.2, 0) is 8.37 Å². The van der Waals surface area contributed by atoms with Gasteiger partial charge in [0, 0.05) is 33.9 Å². The lowest BCUT2D eigenvalue weighted by molar-refractivity contribution is 0.168. The average Bonchev–Trinajstić information content (AvgIpc) is 2.80. The Bertz CT molecular complexity index is 617. The van der Waals surface area contributed by atoms with Crippen LogP contribution in [0.4, 0.5) is 0 Å². The van der Waals surface area contributed by atoms with Crippen molar-refractivity contribution in [1.29, 1.82) is 0 Å². The van der Waals surface area contributed by atoms with Crippen LogP contribution in [0.1, 0.15) is 65.2 Å². The van der Waals surface area contributed by atoms with Crippen molar-refractivity contribution >= 4 is 24.1 Å². The Hall–Kier alpha value is -1.34. The van der Waals surface area contributed by atoms with Gasteiger partial charge < -0.3 is 9.47 Å². The Morgan fingerprint density at radius 1 is 0.548 bits per heavy atom. The molecule has 0 fully saturated rings. The molecule has 0 heterocycles. The predicted molar refractivity (Wildman–Crippen MR) is 131 cm³/mol. The largest absolute Gasteiger partial charge is 0.494 e. The summed E-state index contributed by atoms with van der Waals surface area (Å²) in [5, 5.41) is 0. The molecule has 2 aromatic rings. The third-order valence-corrected chi connectivity index (χ3v) is 5.94. The molecule has 0 aliphatic heterocycles. The minimum atomic E-state index is 0.195. The number of unbranched alkanes of at least 4 members (excludes halogenated alkanes) is 6. The second-order valence-electron chi connectivity index (χ2n) is 7.28. The summed E-state index contributed by atoms with van der Waals surface area (Å²) < 4.78 is 22.6. The molecule has 0 unspecified atom stereocenters.